The molecule has 1 N–H and O–H groups in total. The Balaban J connectivity index is 1.98. The van der Waals surface area contributed by atoms with Gasteiger partial charge in [-0.2, -0.15) is 16.1 Å². The van der Waals surface area contributed by atoms with Crippen molar-refractivity contribution < 1.29 is 8.42 Å². The van der Waals surface area contributed by atoms with Crippen molar-refractivity contribution in [3.8, 4) is 0 Å². The summed E-state index contributed by atoms with van der Waals surface area (Å²) in [6.07, 6.45) is 2.41. The molecule has 2 saturated heterocycles. The summed E-state index contributed by atoms with van der Waals surface area (Å²) >= 11 is 1.92. The standard InChI is InChI=1S/C9H18N2O2S2/c12-15(13)7-4-10-3-5-11(15)8-9-2-1-6-14-9/h9-10H,1-8H2. The van der Waals surface area contributed by atoms with Gasteiger partial charge in [-0.3, -0.25) is 0 Å². The molecule has 2 heterocycles. The van der Waals surface area contributed by atoms with Crippen LogP contribution in [-0.4, -0.2) is 55.7 Å². The van der Waals surface area contributed by atoms with Gasteiger partial charge in [0.05, 0.1) is 5.75 Å². The van der Waals surface area contributed by atoms with Crippen LogP contribution in [0.4, 0.5) is 0 Å². The zero-order valence-corrected chi connectivity index (χ0v) is 10.4. The molecule has 2 aliphatic rings. The van der Waals surface area contributed by atoms with Crippen LogP contribution >= 0.6 is 11.8 Å². The van der Waals surface area contributed by atoms with E-state index in [9.17, 15) is 8.42 Å². The second-order valence-electron chi connectivity index (χ2n) is 4.06. The quantitative estimate of drug-likeness (QED) is 0.756. The average molecular weight is 250 g/mol. The smallest absolute Gasteiger partial charge is 0.215 e. The van der Waals surface area contributed by atoms with Crippen molar-refractivity contribution in [2.45, 2.75) is 18.1 Å². The average Bonchev–Trinajstić information content (AvgIpc) is 2.62. The third kappa shape index (κ3) is 3.09. The van der Waals surface area contributed by atoms with Gasteiger partial charge in [-0.15, -0.1) is 0 Å². The van der Waals surface area contributed by atoms with Gasteiger partial charge in [0.2, 0.25) is 10.0 Å². The normalized spacial score (nSPS) is 32.7. The molecule has 15 heavy (non-hydrogen) atoms. The van der Waals surface area contributed by atoms with E-state index in [0.717, 1.165) is 6.54 Å². The highest BCUT2D eigenvalue weighted by molar-refractivity contribution is 8.00. The highest BCUT2D eigenvalue weighted by Gasteiger charge is 2.28. The molecule has 1 unspecified atom stereocenters. The van der Waals surface area contributed by atoms with E-state index in [1.165, 1.54) is 18.6 Å². The fourth-order valence-electron chi connectivity index (χ4n) is 2.02. The van der Waals surface area contributed by atoms with E-state index in [1.54, 1.807) is 4.31 Å². The van der Waals surface area contributed by atoms with E-state index >= 15 is 0 Å². The number of thioether (sulfide) groups is 1. The highest BCUT2D eigenvalue weighted by Crippen LogP contribution is 2.27. The maximum atomic E-state index is 11.9. The molecular formula is C9H18N2O2S2. The Morgan fingerprint density at radius 1 is 1.40 bits per heavy atom. The van der Waals surface area contributed by atoms with Gasteiger partial charge in [-0.25, -0.2) is 8.42 Å². The van der Waals surface area contributed by atoms with Crippen LogP contribution in [0.25, 0.3) is 0 Å². The van der Waals surface area contributed by atoms with Crippen LogP contribution in [0.5, 0.6) is 0 Å². The molecule has 88 valence electrons. The molecule has 2 rings (SSSR count). The number of hydrogen-bond acceptors (Lipinski definition) is 4. The topological polar surface area (TPSA) is 49.4 Å². The molecule has 1 atom stereocenters. The Kier molecular flexibility index (Phi) is 3.93. The van der Waals surface area contributed by atoms with E-state index in [1.807, 2.05) is 11.8 Å². The van der Waals surface area contributed by atoms with Gasteiger partial charge in [-0.1, -0.05) is 0 Å². The van der Waals surface area contributed by atoms with Gasteiger partial charge in [0.1, 0.15) is 0 Å². The first-order valence-electron chi connectivity index (χ1n) is 5.49. The highest BCUT2D eigenvalue weighted by atomic mass is 32.2. The third-order valence-electron chi connectivity index (χ3n) is 2.90. The predicted molar refractivity (Wildman–Crippen MR) is 63.7 cm³/mol. The largest absolute Gasteiger partial charge is 0.314 e. The molecule has 0 saturated carbocycles. The number of nitrogens with zero attached hydrogens (tertiary/aromatic N) is 1. The summed E-state index contributed by atoms with van der Waals surface area (Å²) in [5.74, 6) is 1.45. The van der Waals surface area contributed by atoms with Crippen LogP contribution in [0.1, 0.15) is 12.8 Å². The summed E-state index contributed by atoms with van der Waals surface area (Å²) in [4.78, 5) is 0. The van der Waals surface area contributed by atoms with Crippen molar-refractivity contribution >= 4 is 21.8 Å². The van der Waals surface area contributed by atoms with Gasteiger partial charge in [0.25, 0.3) is 0 Å². The maximum absolute atomic E-state index is 11.9. The summed E-state index contributed by atoms with van der Waals surface area (Å²) < 4.78 is 25.4. The molecule has 4 nitrogen and oxygen atoms in total. The number of rotatable bonds is 2. The van der Waals surface area contributed by atoms with Crippen LogP contribution in [0.15, 0.2) is 0 Å². The maximum Gasteiger partial charge on any atom is 0.215 e. The van der Waals surface area contributed by atoms with Gasteiger partial charge in [-0.05, 0) is 18.6 Å². The van der Waals surface area contributed by atoms with Crippen molar-refractivity contribution in [1.82, 2.24) is 9.62 Å². The Labute approximate surface area is 95.8 Å². The second kappa shape index (κ2) is 5.03. The lowest BCUT2D eigenvalue weighted by Gasteiger charge is -2.22. The van der Waals surface area contributed by atoms with E-state index in [4.69, 9.17) is 0 Å². The fourth-order valence-corrected chi connectivity index (χ4v) is 4.84. The molecule has 0 bridgehead atoms. The molecular weight excluding hydrogens is 232 g/mol. The Hall–Kier alpha value is 0.220. The first-order chi connectivity index (χ1) is 7.18. The van der Waals surface area contributed by atoms with E-state index in [0.29, 0.717) is 24.9 Å². The van der Waals surface area contributed by atoms with Crippen LogP contribution in [-0.2, 0) is 10.0 Å². The lowest BCUT2D eigenvalue weighted by molar-refractivity contribution is 0.415. The lowest BCUT2D eigenvalue weighted by Crippen LogP contribution is -2.38. The molecule has 0 aliphatic carbocycles. The first kappa shape index (κ1) is 11.7. The van der Waals surface area contributed by atoms with Crippen molar-refractivity contribution in [3.05, 3.63) is 0 Å². The van der Waals surface area contributed by atoms with Crippen molar-refractivity contribution in [2.75, 3.05) is 37.7 Å². The Morgan fingerprint density at radius 3 is 3.00 bits per heavy atom. The summed E-state index contributed by atoms with van der Waals surface area (Å²) in [5.41, 5.74) is 0. The molecule has 0 aromatic rings. The minimum absolute atomic E-state index is 0.254. The van der Waals surface area contributed by atoms with Crippen LogP contribution < -0.4 is 5.32 Å². The summed E-state index contributed by atoms with van der Waals surface area (Å²) in [6, 6.07) is 0. The zero-order chi connectivity index (χ0) is 10.7. The molecule has 0 radical (unpaired) electrons. The predicted octanol–water partition coefficient (Wildman–Crippen LogP) is 0.117. The second-order valence-corrected chi connectivity index (χ2v) is 7.56. The molecule has 0 aromatic heterocycles. The molecule has 2 fully saturated rings. The molecule has 0 spiro atoms. The van der Waals surface area contributed by atoms with Gasteiger partial charge < -0.3 is 5.32 Å². The minimum Gasteiger partial charge on any atom is -0.314 e. The van der Waals surface area contributed by atoms with Gasteiger partial charge in [0.15, 0.2) is 0 Å². The van der Waals surface area contributed by atoms with Gasteiger partial charge >= 0.3 is 0 Å². The van der Waals surface area contributed by atoms with Crippen LogP contribution in [0.2, 0.25) is 0 Å². The number of sulfonamides is 1. The summed E-state index contributed by atoms with van der Waals surface area (Å²) in [6.45, 7) is 2.74. The molecule has 0 amide bonds. The lowest BCUT2D eigenvalue weighted by atomic mass is 10.2. The van der Waals surface area contributed by atoms with Crippen molar-refractivity contribution in [3.63, 3.8) is 0 Å². The van der Waals surface area contributed by atoms with Crippen LogP contribution in [0, 0.1) is 0 Å². The minimum atomic E-state index is -2.99. The number of nitrogens with one attached hydrogen (secondary N) is 1. The SMILES string of the molecule is O=S1(=O)CCNCCN1CC1CCCS1. The zero-order valence-electron chi connectivity index (χ0n) is 8.81. The molecule has 0 aromatic carbocycles. The van der Waals surface area contributed by atoms with E-state index < -0.39 is 10.0 Å². The molecule has 6 heteroatoms. The fraction of sp³-hybridized carbons (Fsp3) is 1.00. The van der Waals surface area contributed by atoms with Gasteiger partial charge in [0, 0.05) is 31.4 Å². The van der Waals surface area contributed by atoms with Crippen molar-refractivity contribution in [2.24, 2.45) is 0 Å². The third-order valence-corrected chi connectivity index (χ3v) is 6.12. The van der Waals surface area contributed by atoms with Crippen molar-refractivity contribution in [1.29, 1.82) is 0 Å². The Bertz CT molecular complexity index is 299. The number of hydrogen-bond donors (Lipinski definition) is 1. The molecule has 2 aliphatic heterocycles. The monoisotopic (exact) mass is 250 g/mol. The Morgan fingerprint density at radius 2 is 2.27 bits per heavy atom. The summed E-state index contributed by atoms with van der Waals surface area (Å²) in [7, 11) is -2.99. The van der Waals surface area contributed by atoms with E-state index in [-0.39, 0.29) is 5.75 Å². The first-order valence-corrected chi connectivity index (χ1v) is 8.14. The van der Waals surface area contributed by atoms with E-state index in [2.05, 4.69) is 5.32 Å². The van der Waals surface area contributed by atoms with Crippen LogP contribution in [0.3, 0.4) is 0 Å². The summed E-state index contributed by atoms with van der Waals surface area (Å²) in [5, 5.41) is 3.66.